The minimum atomic E-state index is -0.427. The first-order valence-electron chi connectivity index (χ1n) is 5.10. The first kappa shape index (κ1) is 11.2. The standard InChI is InChI=1S/C11H13ClN2O2/c12-7-1-2-10(13)9(5-7)11(16)14-4-3-8(15)6-14/h1-2,5,8,15H,3-4,6,13H2/t8-/m1/s1. The molecule has 1 amide bonds. The second kappa shape index (κ2) is 4.31. The van der Waals surface area contributed by atoms with E-state index in [-0.39, 0.29) is 5.91 Å². The average molecular weight is 241 g/mol. The molecule has 1 aromatic rings. The molecule has 1 saturated heterocycles. The number of carbonyl (C=O) groups is 1. The highest BCUT2D eigenvalue weighted by molar-refractivity contribution is 6.31. The number of amides is 1. The number of nitrogens with zero attached hydrogens (tertiary/aromatic N) is 1. The van der Waals surface area contributed by atoms with E-state index in [1.54, 1.807) is 23.1 Å². The molecule has 16 heavy (non-hydrogen) atoms. The molecule has 0 aliphatic carbocycles. The minimum absolute atomic E-state index is 0.170. The van der Waals surface area contributed by atoms with Crippen molar-refractivity contribution in [1.82, 2.24) is 4.90 Å². The van der Waals surface area contributed by atoms with E-state index in [2.05, 4.69) is 0 Å². The Morgan fingerprint density at radius 1 is 1.56 bits per heavy atom. The fourth-order valence-electron chi connectivity index (χ4n) is 1.81. The maximum Gasteiger partial charge on any atom is 0.256 e. The Bertz CT molecular complexity index is 422. The van der Waals surface area contributed by atoms with E-state index in [1.165, 1.54) is 0 Å². The van der Waals surface area contributed by atoms with Gasteiger partial charge >= 0.3 is 0 Å². The molecule has 3 N–H and O–H groups in total. The maximum absolute atomic E-state index is 12.0. The molecular formula is C11H13ClN2O2. The van der Waals surface area contributed by atoms with Crippen LogP contribution in [0.2, 0.25) is 5.02 Å². The quantitative estimate of drug-likeness (QED) is 0.724. The van der Waals surface area contributed by atoms with Crippen molar-refractivity contribution in [3.05, 3.63) is 28.8 Å². The van der Waals surface area contributed by atoms with Crippen LogP contribution in [0.4, 0.5) is 5.69 Å². The van der Waals surface area contributed by atoms with Crippen LogP contribution < -0.4 is 5.73 Å². The summed E-state index contributed by atoms with van der Waals surface area (Å²) in [6.45, 7) is 0.927. The number of aliphatic hydroxyl groups excluding tert-OH is 1. The van der Waals surface area contributed by atoms with Crippen LogP contribution in [-0.4, -0.2) is 35.1 Å². The summed E-state index contributed by atoms with van der Waals surface area (Å²) in [7, 11) is 0. The Hall–Kier alpha value is -1.26. The lowest BCUT2D eigenvalue weighted by Crippen LogP contribution is -2.30. The average Bonchev–Trinajstić information content (AvgIpc) is 2.67. The highest BCUT2D eigenvalue weighted by Gasteiger charge is 2.26. The van der Waals surface area contributed by atoms with Gasteiger partial charge < -0.3 is 15.7 Å². The summed E-state index contributed by atoms with van der Waals surface area (Å²) in [5.41, 5.74) is 6.54. The predicted octanol–water partition coefficient (Wildman–Crippen LogP) is 1.13. The zero-order valence-corrected chi connectivity index (χ0v) is 9.44. The first-order valence-corrected chi connectivity index (χ1v) is 5.48. The summed E-state index contributed by atoms with van der Waals surface area (Å²) in [6.07, 6.45) is 0.191. The largest absolute Gasteiger partial charge is 0.398 e. The number of hydrogen-bond acceptors (Lipinski definition) is 3. The van der Waals surface area contributed by atoms with Gasteiger partial charge in [-0.2, -0.15) is 0 Å². The number of β-amino-alcohol motifs (C(OH)–C–C–N with tert-alkyl or cyclic N) is 1. The van der Waals surface area contributed by atoms with Gasteiger partial charge in [0.05, 0.1) is 11.7 Å². The predicted molar refractivity (Wildman–Crippen MR) is 62.4 cm³/mol. The zero-order valence-electron chi connectivity index (χ0n) is 8.69. The van der Waals surface area contributed by atoms with Crippen LogP contribution >= 0.6 is 11.6 Å². The van der Waals surface area contributed by atoms with Gasteiger partial charge in [0.1, 0.15) is 0 Å². The fraction of sp³-hybridized carbons (Fsp3) is 0.364. The molecule has 0 spiro atoms. The monoisotopic (exact) mass is 240 g/mol. The summed E-state index contributed by atoms with van der Waals surface area (Å²) in [6, 6.07) is 4.82. The molecule has 1 fully saturated rings. The molecule has 4 nitrogen and oxygen atoms in total. The second-order valence-corrected chi connectivity index (χ2v) is 4.36. The molecule has 0 unspecified atom stereocenters. The molecule has 0 saturated carbocycles. The fourth-order valence-corrected chi connectivity index (χ4v) is 1.98. The Morgan fingerprint density at radius 2 is 2.31 bits per heavy atom. The SMILES string of the molecule is Nc1ccc(Cl)cc1C(=O)N1CC[C@@H](O)C1. The molecule has 2 rings (SSSR count). The van der Waals surface area contributed by atoms with Gasteiger partial charge in [-0.25, -0.2) is 0 Å². The third kappa shape index (κ3) is 2.13. The van der Waals surface area contributed by atoms with Gasteiger partial charge in [0, 0.05) is 23.8 Å². The molecule has 5 heteroatoms. The maximum atomic E-state index is 12.0. The number of benzene rings is 1. The van der Waals surface area contributed by atoms with Crippen molar-refractivity contribution in [1.29, 1.82) is 0 Å². The van der Waals surface area contributed by atoms with Crippen molar-refractivity contribution in [3.63, 3.8) is 0 Å². The van der Waals surface area contributed by atoms with Gasteiger partial charge in [-0.3, -0.25) is 4.79 Å². The number of rotatable bonds is 1. The molecule has 86 valence electrons. The summed E-state index contributed by atoms with van der Waals surface area (Å²) in [4.78, 5) is 13.6. The molecule has 1 atom stereocenters. The minimum Gasteiger partial charge on any atom is -0.398 e. The first-order chi connectivity index (χ1) is 7.58. The van der Waals surface area contributed by atoms with E-state index in [0.29, 0.717) is 35.8 Å². The smallest absolute Gasteiger partial charge is 0.256 e. The van der Waals surface area contributed by atoms with Crippen molar-refractivity contribution in [2.75, 3.05) is 18.8 Å². The Morgan fingerprint density at radius 3 is 2.94 bits per heavy atom. The molecule has 1 aliphatic heterocycles. The van der Waals surface area contributed by atoms with Crippen molar-refractivity contribution < 1.29 is 9.90 Å². The number of nitrogens with two attached hydrogens (primary N) is 1. The molecule has 1 aromatic carbocycles. The van der Waals surface area contributed by atoms with Gasteiger partial charge in [0.15, 0.2) is 0 Å². The molecule has 0 aromatic heterocycles. The Kier molecular flexibility index (Phi) is 3.03. The number of halogens is 1. The molecule has 0 bridgehead atoms. The third-order valence-electron chi connectivity index (χ3n) is 2.70. The van der Waals surface area contributed by atoms with Gasteiger partial charge in [-0.15, -0.1) is 0 Å². The molecule has 0 radical (unpaired) electrons. The van der Waals surface area contributed by atoms with E-state index < -0.39 is 6.10 Å². The van der Waals surface area contributed by atoms with E-state index in [0.717, 1.165) is 0 Å². The summed E-state index contributed by atoms with van der Waals surface area (Å²) in [5.74, 6) is -0.170. The van der Waals surface area contributed by atoms with Crippen LogP contribution in [0.5, 0.6) is 0 Å². The van der Waals surface area contributed by atoms with Crippen molar-refractivity contribution in [3.8, 4) is 0 Å². The lowest BCUT2D eigenvalue weighted by molar-refractivity contribution is 0.0766. The number of nitrogen functional groups attached to an aromatic ring is 1. The number of hydrogen-bond donors (Lipinski definition) is 2. The lowest BCUT2D eigenvalue weighted by Gasteiger charge is -2.16. The number of likely N-dealkylation sites (tertiary alicyclic amines) is 1. The van der Waals surface area contributed by atoms with Crippen molar-refractivity contribution in [2.24, 2.45) is 0 Å². The summed E-state index contributed by atoms with van der Waals surface area (Å²) in [5, 5.41) is 9.85. The van der Waals surface area contributed by atoms with E-state index in [4.69, 9.17) is 17.3 Å². The van der Waals surface area contributed by atoms with Gasteiger partial charge in [-0.05, 0) is 24.6 Å². The van der Waals surface area contributed by atoms with Crippen LogP contribution in [0.15, 0.2) is 18.2 Å². The van der Waals surface area contributed by atoms with E-state index in [9.17, 15) is 9.90 Å². The molecule has 1 heterocycles. The van der Waals surface area contributed by atoms with Crippen LogP contribution in [0.25, 0.3) is 0 Å². The van der Waals surface area contributed by atoms with Gasteiger partial charge in [0.2, 0.25) is 0 Å². The Labute approximate surface area is 98.6 Å². The van der Waals surface area contributed by atoms with Crippen LogP contribution in [0.3, 0.4) is 0 Å². The molecular weight excluding hydrogens is 228 g/mol. The topological polar surface area (TPSA) is 66.6 Å². The van der Waals surface area contributed by atoms with Gasteiger partial charge in [0.25, 0.3) is 5.91 Å². The number of carbonyl (C=O) groups excluding carboxylic acids is 1. The zero-order chi connectivity index (χ0) is 11.7. The van der Waals surface area contributed by atoms with Crippen LogP contribution in [0.1, 0.15) is 16.8 Å². The van der Waals surface area contributed by atoms with E-state index in [1.807, 2.05) is 0 Å². The normalized spacial score (nSPS) is 20.1. The van der Waals surface area contributed by atoms with Crippen LogP contribution in [0, 0.1) is 0 Å². The number of anilines is 1. The van der Waals surface area contributed by atoms with Crippen molar-refractivity contribution >= 4 is 23.2 Å². The lowest BCUT2D eigenvalue weighted by atomic mass is 10.1. The summed E-state index contributed by atoms with van der Waals surface area (Å²) < 4.78 is 0. The van der Waals surface area contributed by atoms with Gasteiger partial charge in [-0.1, -0.05) is 11.6 Å². The van der Waals surface area contributed by atoms with E-state index >= 15 is 0 Å². The Balaban J connectivity index is 2.23. The third-order valence-corrected chi connectivity index (χ3v) is 2.93. The van der Waals surface area contributed by atoms with Crippen molar-refractivity contribution in [2.45, 2.75) is 12.5 Å². The summed E-state index contributed by atoms with van der Waals surface area (Å²) >= 11 is 5.82. The highest BCUT2D eigenvalue weighted by Crippen LogP contribution is 2.21. The van der Waals surface area contributed by atoms with Crippen LogP contribution in [-0.2, 0) is 0 Å². The number of aliphatic hydroxyl groups is 1. The second-order valence-electron chi connectivity index (χ2n) is 3.93. The highest BCUT2D eigenvalue weighted by atomic mass is 35.5. The molecule has 1 aliphatic rings.